The first-order valence-corrected chi connectivity index (χ1v) is 19.3. The van der Waals surface area contributed by atoms with Crippen molar-refractivity contribution in [3.05, 3.63) is 11.6 Å². The summed E-state index contributed by atoms with van der Waals surface area (Å²) < 4.78 is 31.0. The summed E-state index contributed by atoms with van der Waals surface area (Å²) in [6.07, 6.45) is 0.0862. The summed E-state index contributed by atoms with van der Waals surface area (Å²) in [6.45, 7) is 15.3. The highest BCUT2D eigenvalue weighted by Gasteiger charge is 2.83. The Balaban J connectivity index is 1.54. The standard InChI is InChI=1S/C37H57BrO11/c1-9-10-11-12-13-45-27(17-38)49-31-24(39)14-21(6)23-15-25-35-18-46-37(44,33(35)34(23,31)8)30(41)22(7)28(35)29(32(42)47-25)48-26(40)16-36(43,19(2)3)20(4)5/h14,19-20,22-23,25,27-31,33,41,43-44H,9-13,15-18H2,1-8H3/t22-,23+,25-,27?,28?,29?,30-,31-,33?,34-,35+,37?/m1/s1. The van der Waals surface area contributed by atoms with Crippen molar-refractivity contribution in [1.82, 2.24) is 0 Å². The van der Waals surface area contributed by atoms with Crippen LogP contribution in [0.5, 0.6) is 0 Å². The number of rotatable bonds is 14. The maximum atomic E-state index is 14.0. The maximum Gasteiger partial charge on any atom is 0.348 e. The fourth-order valence-electron chi connectivity index (χ4n) is 10.4. The molecule has 5 aliphatic rings. The molecule has 49 heavy (non-hydrogen) atoms. The van der Waals surface area contributed by atoms with Gasteiger partial charge in [-0.15, -0.1) is 0 Å². The zero-order valence-electron chi connectivity index (χ0n) is 30.3. The van der Waals surface area contributed by atoms with Gasteiger partial charge in [0, 0.05) is 29.3 Å². The van der Waals surface area contributed by atoms with Crippen LogP contribution < -0.4 is 0 Å². The summed E-state index contributed by atoms with van der Waals surface area (Å²) in [5.74, 6) is -7.34. The highest BCUT2D eigenvalue weighted by molar-refractivity contribution is 9.09. The SMILES string of the molecule is CCCCCCOC(CBr)O[C@@H]1C(=O)C=C(C)[C@@H]2C[C@H]3OC(=O)C(OC(=O)CC(O)(C(C)C)C(C)C)C4[C@@H](C)[C@@H](O)C5(O)OC[C@@]43C5[C@@]12C. The van der Waals surface area contributed by atoms with E-state index in [0.29, 0.717) is 18.4 Å². The molecule has 2 aliphatic heterocycles. The summed E-state index contributed by atoms with van der Waals surface area (Å²) >= 11 is 3.50. The van der Waals surface area contributed by atoms with E-state index >= 15 is 0 Å². The molecule has 2 saturated heterocycles. The second-order valence-corrected chi connectivity index (χ2v) is 16.9. The molecule has 0 aromatic heterocycles. The number of alkyl halides is 1. The van der Waals surface area contributed by atoms with Crippen molar-refractivity contribution in [2.45, 2.75) is 136 Å². The van der Waals surface area contributed by atoms with Crippen LogP contribution in [0, 0.1) is 46.3 Å². The molecular weight excluding hydrogens is 700 g/mol. The minimum Gasteiger partial charge on any atom is -0.459 e. The van der Waals surface area contributed by atoms with Gasteiger partial charge in [0.1, 0.15) is 18.3 Å². The quantitative estimate of drug-likeness (QED) is 0.0995. The summed E-state index contributed by atoms with van der Waals surface area (Å²) in [7, 11) is 0. The number of halogens is 1. The van der Waals surface area contributed by atoms with Gasteiger partial charge < -0.3 is 39.0 Å². The monoisotopic (exact) mass is 756 g/mol. The van der Waals surface area contributed by atoms with E-state index in [2.05, 4.69) is 22.9 Å². The summed E-state index contributed by atoms with van der Waals surface area (Å²) in [4.78, 5) is 41.4. The normalized spacial score (nSPS) is 40.5. The second kappa shape index (κ2) is 14.2. The van der Waals surface area contributed by atoms with E-state index in [1.165, 1.54) is 0 Å². The molecule has 11 nitrogen and oxygen atoms in total. The number of ether oxygens (including phenoxy) is 5. The maximum absolute atomic E-state index is 14.0. The van der Waals surface area contributed by atoms with E-state index in [1.54, 1.807) is 13.0 Å². The lowest BCUT2D eigenvalue weighted by atomic mass is 9.38. The van der Waals surface area contributed by atoms with Crippen molar-refractivity contribution in [1.29, 1.82) is 0 Å². The largest absolute Gasteiger partial charge is 0.459 e. The molecule has 5 unspecified atom stereocenters. The van der Waals surface area contributed by atoms with Gasteiger partial charge in [-0.25, -0.2) is 4.79 Å². The topological polar surface area (TPSA) is 158 Å². The van der Waals surface area contributed by atoms with Gasteiger partial charge in [-0.05, 0) is 49.5 Å². The summed E-state index contributed by atoms with van der Waals surface area (Å²) in [5.41, 5.74) is -2.89. The molecule has 2 saturated carbocycles. The number of hydrogen-bond donors (Lipinski definition) is 3. The highest BCUT2D eigenvalue weighted by Crippen LogP contribution is 2.74. The molecule has 2 bridgehead atoms. The van der Waals surface area contributed by atoms with Crippen molar-refractivity contribution in [3.63, 3.8) is 0 Å². The van der Waals surface area contributed by atoms with Crippen molar-refractivity contribution >= 4 is 33.7 Å². The number of fused-ring (bicyclic) bond motifs is 1. The molecule has 3 N–H and O–H groups in total. The van der Waals surface area contributed by atoms with E-state index < -0.39 is 82.6 Å². The van der Waals surface area contributed by atoms with Gasteiger partial charge in [-0.2, -0.15) is 0 Å². The van der Waals surface area contributed by atoms with Crippen LogP contribution in [-0.4, -0.2) is 93.7 Å². The van der Waals surface area contributed by atoms with Crippen LogP contribution in [0.2, 0.25) is 0 Å². The van der Waals surface area contributed by atoms with Crippen molar-refractivity contribution < 1.29 is 53.4 Å². The van der Waals surface area contributed by atoms with Crippen molar-refractivity contribution in [3.8, 4) is 0 Å². The summed E-state index contributed by atoms with van der Waals surface area (Å²) in [5, 5.41) is 36.0. The molecule has 3 aliphatic carbocycles. The van der Waals surface area contributed by atoms with E-state index in [-0.39, 0.29) is 36.6 Å². The molecule has 0 radical (unpaired) electrons. The molecule has 1 spiro atoms. The molecule has 0 amide bonds. The van der Waals surface area contributed by atoms with Crippen molar-refractivity contribution in [2.24, 2.45) is 46.3 Å². The van der Waals surface area contributed by atoms with Crippen LogP contribution in [-0.2, 0) is 38.1 Å². The number of carbonyl (C=O) groups is 3. The van der Waals surface area contributed by atoms with Gasteiger partial charge >= 0.3 is 11.9 Å². The smallest absolute Gasteiger partial charge is 0.348 e. The molecule has 2 heterocycles. The Hall–Kier alpha value is -1.41. The number of esters is 2. The molecule has 0 aromatic rings. The van der Waals surface area contributed by atoms with Gasteiger partial charge in [0.2, 0.25) is 6.10 Å². The molecule has 5 rings (SSSR count). The van der Waals surface area contributed by atoms with Crippen LogP contribution in [0.15, 0.2) is 11.6 Å². The third kappa shape index (κ3) is 6.06. The third-order valence-electron chi connectivity index (χ3n) is 13.0. The highest BCUT2D eigenvalue weighted by atomic mass is 79.9. The van der Waals surface area contributed by atoms with E-state index in [9.17, 15) is 29.7 Å². The Kier molecular flexibility index (Phi) is 11.2. The predicted octanol–water partition coefficient (Wildman–Crippen LogP) is 4.46. The van der Waals surface area contributed by atoms with E-state index in [4.69, 9.17) is 23.7 Å². The molecule has 278 valence electrons. The van der Waals surface area contributed by atoms with E-state index in [1.807, 2.05) is 41.5 Å². The minimum absolute atomic E-state index is 0.0874. The minimum atomic E-state index is -2.11. The average Bonchev–Trinajstić information content (AvgIpc) is 3.32. The fraction of sp³-hybridized carbons (Fsp3) is 0.865. The number of aliphatic hydroxyl groups is 3. The number of aliphatic hydroxyl groups excluding tert-OH is 1. The second-order valence-electron chi connectivity index (χ2n) is 16.2. The lowest BCUT2D eigenvalue weighted by Gasteiger charge is -2.68. The van der Waals surface area contributed by atoms with Crippen LogP contribution in [0.1, 0.15) is 93.9 Å². The molecule has 4 fully saturated rings. The first-order valence-electron chi connectivity index (χ1n) is 18.2. The van der Waals surface area contributed by atoms with Gasteiger partial charge in [0.05, 0.1) is 24.0 Å². The number of ketones is 1. The van der Waals surface area contributed by atoms with Crippen LogP contribution in [0.4, 0.5) is 0 Å². The average molecular weight is 758 g/mol. The fourth-order valence-corrected chi connectivity index (χ4v) is 10.8. The van der Waals surface area contributed by atoms with E-state index in [0.717, 1.165) is 31.3 Å². The van der Waals surface area contributed by atoms with Gasteiger partial charge in [0.15, 0.2) is 17.9 Å². The summed E-state index contributed by atoms with van der Waals surface area (Å²) in [6, 6.07) is 0. The number of carbonyl (C=O) groups excluding carboxylic acids is 3. The van der Waals surface area contributed by atoms with Crippen LogP contribution >= 0.6 is 15.9 Å². The molecular formula is C37H57BrO11. The Morgan fingerprint density at radius 1 is 1.16 bits per heavy atom. The Morgan fingerprint density at radius 3 is 2.45 bits per heavy atom. The Labute approximate surface area is 298 Å². The first kappa shape index (κ1) is 38.8. The Bertz CT molecular complexity index is 1290. The molecule has 0 aromatic carbocycles. The molecule has 12 heteroatoms. The van der Waals surface area contributed by atoms with Gasteiger partial charge in [-0.1, -0.05) is 89.2 Å². The lowest BCUT2D eigenvalue weighted by Crippen LogP contribution is -2.78. The van der Waals surface area contributed by atoms with Crippen LogP contribution in [0.3, 0.4) is 0 Å². The predicted molar refractivity (Wildman–Crippen MR) is 182 cm³/mol. The number of hydrogen-bond acceptors (Lipinski definition) is 11. The Morgan fingerprint density at radius 2 is 1.84 bits per heavy atom. The van der Waals surface area contributed by atoms with Crippen LogP contribution in [0.25, 0.3) is 0 Å². The lowest BCUT2D eigenvalue weighted by molar-refractivity contribution is -0.345. The van der Waals surface area contributed by atoms with Gasteiger partial charge in [-0.3, -0.25) is 9.59 Å². The number of unbranched alkanes of at least 4 members (excludes halogenated alkanes) is 3. The van der Waals surface area contributed by atoms with Crippen molar-refractivity contribution in [2.75, 3.05) is 18.5 Å². The number of allylic oxidation sites excluding steroid dienone is 1. The zero-order valence-corrected chi connectivity index (χ0v) is 31.9. The first-order chi connectivity index (χ1) is 22.9. The molecule has 12 atom stereocenters. The zero-order chi connectivity index (χ0) is 36.3. The van der Waals surface area contributed by atoms with Gasteiger partial charge in [0.25, 0.3) is 0 Å². The third-order valence-corrected chi connectivity index (χ3v) is 13.5.